The van der Waals surface area contributed by atoms with E-state index >= 15 is 0 Å². The molecule has 0 fully saturated rings. The molecule has 0 aromatic heterocycles. The van der Waals surface area contributed by atoms with E-state index in [-0.39, 0.29) is 6.61 Å². The molecule has 0 saturated heterocycles. The molecule has 0 unspecified atom stereocenters. The number of benzene rings is 2. The van der Waals surface area contributed by atoms with Crippen LogP contribution in [0.1, 0.15) is 92.0 Å². The fourth-order valence-electron chi connectivity index (χ4n) is 6.42. The molecule has 0 heterocycles. The summed E-state index contributed by atoms with van der Waals surface area (Å²) < 4.78 is 88.3. The van der Waals surface area contributed by atoms with Crippen LogP contribution in [-0.4, -0.2) is 115 Å². The number of esters is 3. The molecule has 0 saturated carbocycles. The van der Waals surface area contributed by atoms with E-state index in [1.54, 1.807) is 46.3 Å². The van der Waals surface area contributed by atoms with Crippen LogP contribution >= 0.6 is 0 Å². The summed E-state index contributed by atoms with van der Waals surface area (Å²) in [6.45, 7) is 22.0. The summed E-state index contributed by atoms with van der Waals surface area (Å²) >= 11 is 0. The van der Waals surface area contributed by atoms with Gasteiger partial charge in [0.05, 0.1) is 35.0 Å². The van der Waals surface area contributed by atoms with Crippen molar-refractivity contribution in [1.82, 2.24) is 5.32 Å². The summed E-state index contributed by atoms with van der Waals surface area (Å²) in [7, 11) is -3.21. The molecule has 0 aliphatic rings. The number of unbranched alkanes of at least 4 members (excludes halogenated alkanes) is 1. The van der Waals surface area contributed by atoms with Crippen LogP contribution < -0.4 is 20.5 Å². The van der Waals surface area contributed by atoms with Gasteiger partial charge >= 0.3 is 24.1 Å². The van der Waals surface area contributed by atoms with Crippen LogP contribution in [0.2, 0.25) is 0 Å². The normalized spacial score (nSPS) is 13.3. The predicted molar refractivity (Wildman–Crippen MR) is 295 cm³/mol. The summed E-state index contributed by atoms with van der Waals surface area (Å²) in [5, 5.41) is 2.22. The van der Waals surface area contributed by atoms with Gasteiger partial charge in [0, 0.05) is 12.2 Å². The second-order valence-electron chi connectivity index (χ2n) is 17.2. The molecule has 2 aromatic rings. The van der Waals surface area contributed by atoms with E-state index in [9.17, 15) is 40.8 Å². The first kappa shape index (κ1) is 69.1. The fourth-order valence-corrected chi connectivity index (χ4v) is 7.65. The molecule has 0 radical (unpaired) electrons. The SMILES string of the molecule is CCCCOC(=O)OC(=O)/C=C(C)/C=C/C=C(C)/C=C/c1c(C)cc(OC)c(C)c1C.COC(=O)[C@@H](N)CS(=O)(=O)O.COC(=O)[C@H](CS(=O)(=O)O)NC(=O)/C=C(C)/C=C/C=C(C)/C=C/c1c(C)cc(OC)c(C)c1C. The average Bonchev–Trinajstić information content (AvgIpc) is 3.32. The molecule has 420 valence electrons. The zero-order chi connectivity index (χ0) is 58.5. The molecule has 2 rings (SSSR count). The quantitative estimate of drug-likeness (QED) is 0.0163. The van der Waals surface area contributed by atoms with Gasteiger partial charge in [-0.15, -0.1) is 0 Å². The maximum absolute atomic E-state index is 12.1. The molecule has 76 heavy (non-hydrogen) atoms. The van der Waals surface area contributed by atoms with Crippen LogP contribution in [-0.2, 0) is 58.4 Å². The van der Waals surface area contributed by atoms with Gasteiger partial charge in [-0.2, -0.15) is 16.8 Å². The van der Waals surface area contributed by atoms with Crippen LogP contribution in [0, 0.1) is 41.5 Å². The predicted octanol–water partition coefficient (Wildman–Crippen LogP) is 8.56. The molecule has 2 aromatic carbocycles. The van der Waals surface area contributed by atoms with Crippen molar-refractivity contribution >= 4 is 62.4 Å². The van der Waals surface area contributed by atoms with E-state index in [0.29, 0.717) is 11.1 Å². The zero-order valence-electron chi connectivity index (χ0n) is 46.2. The first-order valence-electron chi connectivity index (χ1n) is 23.6. The number of carbonyl (C=O) groups excluding carboxylic acids is 5. The Hall–Kier alpha value is -6.91. The smallest absolute Gasteiger partial charge is 0.496 e. The van der Waals surface area contributed by atoms with Crippen molar-refractivity contribution in [3.63, 3.8) is 0 Å². The highest BCUT2D eigenvalue weighted by Crippen LogP contribution is 2.30. The topological polar surface area (TPSA) is 288 Å². The van der Waals surface area contributed by atoms with Gasteiger partial charge in [-0.25, -0.2) is 14.4 Å². The van der Waals surface area contributed by atoms with Crippen LogP contribution in [0.15, 0.2) is 95.2 Å². The number of nitrogens with two attached hydrogens (primary N) is 1. The minimum Gasteiger partial charge on any atom is -0.496 e. The molecule has 0 spiro atoms. The minimum absolute atomic E-state index is 0.248. The van der Waals surface area contributed by atoms with E-state index in [1.165, 1.54) is 23.3 Å². The average molecular weight is 1100 g/mol. The van der Waals surface area contributed by atoms with E-state index < -0.39 is 73.8 Å². The lowest BCUT2D eigenvalue weighted by Crippen LogP contribution is -2.45. The first-order valence-corrected chi connectivity index (χ1v) is 26.8. The maximum Gasteiger partial charge on any atom is 0.516 e. The van der Waals surface area contributed by atoms with Gasteiger partial charge in [0.2, 0.25) is 5.91 Å². The third-order valence-corrected chi connectivity index (χ3v) is 12.3. The second-order valence-corrected chi connectivity index (χ2v) is 20.2. The Kier molecular flexibility index (Phi) is 31.5. The third-order valence-electron chi connectivity index (χ3n) is 10.8. The van der Waals surface area contributed by atoms with Crippen molar-refractivity contribution in [1.29, 1.82) is 0 Å². The molecule has 1 amide bonds. The molecule has 0 aliphatic carbocycles. The van der Waals surface area contributed by atoms with Gasteiger partial charge in [-0.05, 0) is 143 Å². The van der Waals surface area contributed by atoms with Crippen LogP contribution in [0.3, 0.4) is 0 Å². The van der Waals surface area contributed by atoms with Crippen molar-refractivity contribution in [3.8, 4) is 11.5 Å². The maximum atomic E-state index is 12.1. The Bertz CT molecular complexity index is 2830. The van der Waals surface area contributed by atoms with Gasteiger partial charge in [0.1, 0.15) is 35.1 Å². The van der Waals surface area contributed by atoms with Gasteiger partial charge in [0.25, 0.3) is 20.2 Å². The van der Waals surface area contributed by atoms with Gasteiger partial charge in [-0.3, -0.25) is 18.7 Å². The number of aryl methyl sites for hydroxylation is 2. The molecular weight excluding hydrogens is 1020 g/mol. The Labute approximate surface area is 448 Å². The summed E-state index contributed by atoms with van der Waals surface area (Å²) in [5.74, 6) is -3.32. The standard InChI is InChI=1S/C26H34O5.C25H33NO7S.C4H9NO5S/c1-8-9-15-30-26(28)31-25(27)16-19(3)12-10-11-18(2)13-14-23-20(4)17-24(29-7)22(6)21(23)5;1-16(11-12-21-18(3)14-23(32-6)20(5)19(21)4)9-8-10-17(2)13-24(27)26-22(25(28)33-7)15-34(29,30)31;1-10-4(6)3(5)2-11(7,8)9/h10-14,16-17H,8-9,15H2,1-7H3;8-14,22H,15H2,1-7H3,(H,26,27)(H,29,30,31);3H,2,5H2,1H3,(H,7,8,9)/b12-10+,14-13+,18-11+,19-16+;10-8+,12-11+,16-9+,17-13+;/t;22-;3-/m.00/s1. The van der Waals surface area contributed by atoms with E-state index in [2.05, 4.69) is 59.4 Å². The highest BCUT2D eigenvalue weighted by atomic mass is 32.2. The molecule has 0 bridgehead atoms. The van der Waals surface area contributed by atoms with Crippen molar-refractivity contribution in [2.24, 2.45) is 5.73 Å². The summed E-state index contributed by atoms with van der Waals surface area (Å²) in [5.41, 5.74) is 17.4. The molecule has 5 N–H and O–H groups in total. The van der Waals surface area contributed by atoms with Crippen LogP contribution in [0.5, 0.6) is 11.5 Å². The highest BCUT2D eigenvalue weighted by Gasteiger charge is 2.26. The lowest BCUT2D eigenvalue weighted by molar-refractivity contribution is -0.144. The fraction of sp³-hybridized carbons (Fsp3) is 0.400. The minimum atomic E-state index is -4.48. The third kappa shape index (κ3) is 28.1. The number of hydrogen-bond acceptors (Lipinski definition) is 16. The molecular formula is C55H76N2O17S2. The Balaban J connectivity index is 0.00000124. The number of amides is 1. The zero-order valence-corrected chi connectivity index (χ0v) is 47.8. The van der Waals surface area contributed by atoms with E-state index in [0.717, 1.165) is 83.1 Å². The van der Waals surface area contributed by atoms with Crippen molar-refractivity contribution in [2.75, 3.05) is 46.6 Å². The monoisotopic (exact) mass is 1100 g/mol. The largest absolute Gasteiger partial charge is 0.516 e. The summed E-state index contributed by atoms with van der Waals surface area (Å²) in [6, 6.07) is 1.23. The number of carbonyl (C=O) groups is 5. The number of rotatable bonds is 22. The number of nitrogens with one attached hydrogen (secondary N) is 1. The number of allylic oxidation sites excluding steroid dienone is 12. The Morgan fingerprint density at radius 3 is 1.46 bits per heavy atom. The van der Waals surface area contributed by atoms with Gasteiger partial charge in [-0.1, -0.05) is 85.3 Å². The van der Waals surface area contributed by atoms with Gasteiger partial charge < -0.3 is 39.5 Å². The second kappa shape index (κ2) is 34.6. The van der Waals surface area contributed by atoms with E-state index in [1.807, 2.05) is 77.1 Å². The van der Waals surface area contributed by atoms with Crippen LogP contribution in [0.25, 0.3) is 12.2 Å². The first-order chi connectivity index (χ1) is 35.3. The lowest BCUT2D eigenvalue weighted by atomic mass is 9.96. The summed E-state index contributed by atoms with van der Waals surface area (Å²) in [4.78, 5) is 57.3. The van der Waals surface area contributed by atoms with Crippen molar-refractivity contribution in [2.45, 2.75) is 101 Å². The molecule has 21 heteroatoms. The van der Waals surface area contributed by atoms with Crippen LogP contribution in [0.4, 0.5) is 4.79 Å². The summed E-state index contributed by atoms with van der Waals surface area (Å²) in [6.07, 6.45) is 22.2. The molecule has 19 nitrogen and oxygen atoms in total. The van der Waals surface area contributed by atoms with Crippen molar-refractivity contribution in [3.05, 3.63) is 140 Å². The lowest BCUT2D eigenvalue weighted by Gasteiger charge is -2.13. The van der Waals surface area contributed by atoms with Crippen molar-refractivity contribution < 1.29 is 78.3 Å². The molecule has 0 aliphatic heterocycles. The Morgan fingerprint density at radius 1 is 0.632 bits per heavy atom. The Morgan fingerprint density at radius 2 is 1.07 bits per heavy atom. The van der Waals surface area contributed by atoms with E-state index in [4.69, 9.17) is 29.0 Å². The number of hydrogen-bond donors (Lipinski definition) is 4. The molecule has 2 atom stereocenters. The number of ether oxygens (including phenoxy) is 6. The number of methoxy groups -OCH3 is 4. The van der Waals surface area contributed by atoms with Gasteiger partial charge in [0.15, 0.2) is 0 Å². The highest BCUT2D eigenvalue weighted by molar-refractivity contribution is 7.86.